The summed E-state index contributed by atoms with van der Waals surface area (Å²) in [5.41, 5.74) is 1.16. The minimum atomic E-state index is -0.633. The van der Waals surface area contributed by atoms with Crippen molar-refractivity contribution in [3.05, 3.63) is 41.0 Å². The van der Waals surface area contributed by atoms with Crippen molar-refractivity contribution in [1.29, 1.82) is 0 Å². The third-order valence-electron chi connectivity index (χ3n) is 2.99. The van der Waals surface area contributed by atoms with Gasteiger partial charge in [0.25, 0.3) is 0 Å². The summed E-state index contributed by atoms with van der Waals surface area (Å²) in [7, 11) is 2.51. The molecule has 3 aromatic rings. The number of esters is 2. The van der Waals surface area contributed by atoms with Crippen LogP contribution in [-0.2, 0) is 9.47 Å². The molecule has 0 amide bonds. The first kappa shape index (κ1) is 23.2. The average Bonchev–Trinajstić information content (AvgIpc) is 3.20. The summed E-state index contributed by atoms with van der Waals surface area (Å²) >= 11 is 1.51. The summed E-state index contributed by atoms with van der Waals surface area (Å²) in [6.45, 7) is 0. The zero-order valence-corrected chi connectivity index (χ0v) is 16.0. The van der Waals surface area contributed by atoms with Gasteiger partial charge in [-0.05, 0) is 11.4 Å². The molecule has 0 aliphatic rings. The van der Waals surface area contributed by atoms with Crippen molar-refractivity contribution in [2.45, 2.75) is 7.43 Å². The molecule has 0 aliphatic carbocycles. The summed E-state index contributed by atoms with van der Waals surface area (Å²) in [6, 6.07) is 6.81. The van der Waals surface area contributed by atoms with Gasteiger partial charge in [0.15, 0.2) is 17.0 Å². The maximum Gasteiger partial charge on any atom is 1.00 e. The van der Waals surface area contributed by atoms with E-state index in [1.54, 1.807) is 6.07 Å². The van der Waals surface area contributed by atoms with Gasteiger partial charge >= 0.3 is 41.5 Å². The molecule has 0 aliphatic heterocycles. The molecule has 0 fully saturated rings. The second-order valence-corrected chi connectivity index (χ2v) is 5.23. The van der Waals surface area contributed by atoms with Crippen LogP contribution in [0.15, 0.2) is 29.6 Å². The Labute approximate surface area is 170 Å². The predicted molar refractivity (Wildman–Crippen MR) is 87.6 cm³/mol. The van der Waals surface area contributed by atoms with E-state index in [0.29, 0.717) is 11.3 Å². The molecule has 0 saturated heterocycles. The molecule has 10 heteroatoms. The van der Waals surface area contributed by atoms with Crippen molar-refractivity contribution in [3.63, 3.8) is 0 Å². The molecule has 1 N–H and O–H groups in total. The van der Waals surface area contributed by atoms with E-state index in [0.717, 1.165) is 4.88 Å². The normalized spacial score (nSPS) is 9.36. The van der Waals surface area contributed by atoms with Gasteiger partial charge in [-0.25, -0.2) is 19.1 Å². The Kier molecular flexibility index (Phi) is 8.95. The van der Waals surface area contributed by atoms with E-state index < -0.39 is 11.9 Å². The van der Waals surface area contributed by atoms with Gasteiger partial charge in [0.1, 0.15) is 5.69 Å². The predicted octanol–water partition coefficient (Wildman–Crippen LogP) is -0.506. The number of ether oxygens (including phenoxy) is 2. The van der Waals surface area contributed by atoms with E-state index in [1.807, 2.05) is 17.5 Å². The molecule has 0 saturated carbocycles. The van der Waals surface area contributed by atoms with Crippen LogP contribution in [0.25, 0.3) is 16.2 Å². The van der Waals surface area contributed by atoms with Crippen LogP contribution in [0.2, 0.25) is 0 Å². The topological polar surface area (TPSA) is 113 Å². The quantitative estimate of drug-likeness (QED) is 0.449. The van der Waals surface area contributed by atoms with Crippen molar-refractivity contribution in [3.8, 4) is 10.6 Å². The first-order chi connectivity index (χ1) is 10.6. The number of carbonyl (C=O) groups is 2. The van der Waals surface area contributed by atoms with Crippen LogP contribution in [-0.4, -0.2) is 46.2 Å². The Morgan fingerprint density at radius 1 is 1.16 bits per heavy atom. The molecule has 8 nitrogen and oxygen atoms in total. The molecule has 3 heterocycles. The fourth-order valence-corrected chi connectivity index (χ4v) is 2.66. The number of thiophene rings is 1. The van der Waals surface area contributed by atoms with E-state index in [2.05, 4.69) is 14.8 Å². The molecule has 3 rings (SSSR count). The van der Waals surface area contributed by atoms with Gasteiger partial charge in [-0.1, -0.05) is 13.5 Å². The summed E-state index contributed by atoms with van der Waals surface area (Å²) in [5, 5.41) is 6.29. The Bertz CT molecular complexity index is 864. The van der Waals surface area contributed by atoms with E-state index in [4.69, 9.17) is 4.74 Å². The standard InChI is InChI=1S/C14H11N3O4S.CH4.Na.H2O/c1-20-13(18)9-6-10(14(19)21-2)17-12(15-9)7-8(16-17)11-4-3-5-22-11;;;/h3-7H,1-2H3;1H4;;1H2/q;;+1;/p-1. The maximum atomic E-state index is 11.9. The van der Waals surface area contributed by atoms with Gasteiger partial charge in [0.05, 0.1) is 19.1 Å². The Morgan fingerprint density at radius 2 is 1.84 bits per heavy atom. The summed E-state index contributed by atoms with van der Waals surface area (Å²) < 4.78 is 10.7. The van der Waals surface area contributed by atoms with Gasteiger partial charge in [0, 0.05) is 12.1 Å². The van der Waals surface area contributed by atoms with Gasteiger partial charge in [0.2, 0.25) is 0 Å². The molecular formula is C15H16N3NaO5S. The van der Waals surface area contributed by atoms with Gasteiger partial charge in [-0.3, -0.25) is 0 Å². The van der Waals surface area contributed by atoms with Gasteiger partial charge in [-0.2, -0.15) is 5.10 Å². The molecule has 0 unspecified atom stereocenters. The number of nitrogens with zero attached hydrogens (tertiary/aromatic N) is 3. The molecule has 128 valence electrons. The minimum Gasteiger partial charge on any atom is -0.870 e. The molecule has 25 heavy (non-hydrogen) atoms. The second kappa shape index (κ2) is 9.64. The first-order valence-electron chi connectivity index (χ1n) is 6.25. The van der Waals surface area contributed by atoms with Crippen LogP contribution in [0.1, 0.15) is 28.4 Å². The van der Waals surface area contributed by atoms with Crippen LogP contribution in [0, 0.1) is 0 Å². The van der Waals surface area contributed by atoms with E-state index in [1.165, 1.54) is 36.1 Å². The zero-order chi connectivity index (χ0) is 15.7. The number of hydrogen-bond acceptors (Lipinski definition) is 8. The first-order valence-corrected chi connectivity index (χ1v) is 7.13. The van der Waals surface area contributed by atoms with E-state index in [-0.39, 0.29) is 53.8 Å². The number of aromatic nitrogens is 3. The summed E-state index contributed by atoms with van der Waals surface area (Å²) in [5.74, 6) is -1.25. The monoisotopic (exact) mass is 373 g/mol. The van der Waals surface area contributed by atoms with Crippen LogP contribution >= 0.6 is 11.3 Å². The minimum absolute atomic E-state index is 0. The average molecular weight is 373 g/mol. The van der Waals surface area contributed by atoms with Gasteiger partial charge in [-0.15, -0.1) is 11.3 Å². The molecular weight excluding hydrogens is 357 g/mol. The van der Waals surface area contributed by atoms with Crippen LogP contribution in [0.4, 0.5) is 0 Å². The fourth-order valence-electron chi connectivity index (χ4n) is 1.98. The zero-order valence-electron chi connectivity index (χ0n) is 13.2. The number of carbonyl (C=O) groups excluding carboxylic acids is 2. The molecule has 0 atom stereocenters. The van der Waals surface area contributed by atoms with Crippen LogP contribution < -0.4 is 29.6 Å². The smallest absolute Gasteiger partial charge is 0.870 e. The maximum absolute atomic E-state index is 11.9. The number of methoxy groups -OCH3 is 2. The Hall–Kier alpha value is -1.78. The number of rotatable bonds is 3. The van der Waals surface area contributed by atoms with Gasteiger partial charge < -0.3 is 14.9 Å². The molecule has 0 bridgehead atoms. The number of fused-ring (bicyclic) bond motifs is 1. The second-order valence-electron chi connectivity index (χ2n) is 4.29. The molecule has 0 spiro atoms. The SMILES string of the molecule is C.COC(=O)c1cc(C(=O)OC)n2nc(-c3cccs3)cc2n1.[Na+].[OH-]. The van der Waals surface area contributed by atoms with Crippen molar-refractivity contribution in [2.24, 2.45) is 0 Å². The van der Waals surface area contributed by atoms with Crippen molar-refractivity contribution >= 4 is 28.9 Å². The van der Waals surface area contributed by atoms with Crippen molar-refractivity contribution in [2.75, 3.05) is 14.2 Å². The van der Waals surface area contributed by atoms with Crippen molar-refractivity contribution < 1.29 is 54.1 Å². The van der Waals surface area contributed by atoms with E-state index in [9.17, 15) is 9.59 Å². The third kappa shape index (κ3) is 4.44. The largest absolute Gasteiger partial charge is 1.00 e. The summed E-state index contributed by atoms with van der Waals surface area (Å²) in [4.78, 5) is 28.7. The van der Waals surface area contributed by atoms with Crippen LogP contribution in [0.5, 0.6) is 0 Å². The van der Waals surface area contributed by atoms with E-state index >= 15 is 0 Å². The van der Waals surface area contributed by atoms with Crippen LogP contribution in [0.3, 0.4) is 0 Å². The molecule has 0 aromatic carbocycles. The fraction of sp³-hybridized carbons (Fsp3) is 0.200. The molecule has 3 aromatic heterocycles. The van der Waals surface area contributed by atoms with Crippen molar-refractivity contribution in [1.82, 2.24) is 14.6 Å². The Morgan fingerprint density at radius 3 is 2.40 bits per heavy atom. The summed E-state index contributed by atoms with van der Waals surface area (Å²) in [6.07, 6.45) is 0. The third-order valence-corrected chi connectivity index (χ3v) is 3.88. The Balaban J connectivity index is 0.00000192. The molecule has 0 radical (unpaired) electrons. The number of hydrogen-bond donors (Lipinski definition) is 0.